The van der Waals surface area contributed by atoms with Gasteiger partial charge in [0.25, 0.3) is 0 Å². The van der Waals surface area contributed by atoms with Crippen LogP contribution in [0, 0.1) is 11.8 Å². The lowest BCUT2D eigenvalue weighted by molar-refractivity contribution is -0.147. The van der Waals surface area contributed by atoms with E-state index in [1.807, 2.05) is 0 Å². The minimum Gasteiger partial charge on any atom is -0.478 e. The number of ether oxygens (including phenoxy) is 3. The Morgan fingerprint density at radius 3 is 2.35 bits per heavy atom. The van der Waals surface area contributed by atoms with E-state index in [0.29, 0.717) is 0 Å². The average Bonchev–Trinajstić information content (AvgIpc) is 3.20. The van der Waals surface area contributed by atoms with Crippen molar-refractivity contribution in [2.24, 2.45) is 11.8 Å². The van der Waals surface area contributed by atoms with Gasteiger partial charge in [0.1, 0.15) is 6.61 Å². The summed E-state index contributed by atoms with van der Waals surface area (Å²) in [5.41, 5.74) is 0.913. The number of benzene rings is 1. The number of hydrogen-bond acceptors (Lipinski definition) is 6. The lowest BCUT2D eigenvalue weighted by atomic mass is 9.78. The van der Waals surface area contributed by atoms with Gasteiger partial charge >= 0.3 is 17.9 Å². The first-order valence-electron chi connectivity index (χ1n) is 8.70. The summed E-state index contributed by atoms with van der Waals surface area (Å²) < 4.78 is 16.3. The minimum absolute atomic E-state index is 0.00464. The van der Waals surface area contributed by atoms with E-state index in [1.54, 1.807) is 12.1 Å². The van der Waals surface area contributed by atoms with Crippen molar-refractivity contribution in [2.75, 3.05) is 6.61 Å². The summed E-state index contributed by atoms with van der Waals surface area (Å²) in [7, 11) is 0. The van der Waals surface area contributed by atoms with Crippen molar-refractivity contribution in [3.8, 4) is 0 Å². The van der Waals surface area contributed by atoms with E-state index in [0.717, 1.165) is 18.4 Å². The predicted octanol–water partition coefficient (Wildman–Crippen LogP) is 2.17. The smallest absolute Gasteiger partial charge is 0.335 e. The Labute approximate surface area is 151 Å². The summed E-state index contributed by atoms with van der Waals surface area (Å²) in [6.07, 6.45) is 2.12. The number of aromatic carboxylic acids is 1. The van der Waals surface area contributed by atoms with Gasteiger partial charge in [0.05, 0.1) is 30.8 Å². The molecule has 2 heterocycles. The molecule has 7 heteroatoms. The van der Waals surface area contributed by atoms with E-state index < -0.39 is 5.97 Å². The Hall–Kier alpha value is -2.41. The molecule has 0 radical (unpaired) electrons. The molecular weight excluding hydrogens is 340 g/mol. The first-order valence-corrected chi connectivity index (χ1v) is 8.70. The molecule has 3 rings (SSSR count). The molecule has 1 aromatic carbocycles. The standard InChI is InChI=1S/C19H22O7/c1-11(20)24-10-15-14(16-6-7-17(15)26-16)8-18(21)25-9-12-2-4-13(5-3-12)19(22)23/h2-5,14-17H,6-10H2,1H3,(H,22,23). The topological polar surface area (TPSA) is 99.1 Å². The normalized spacial score (nSPS) is 26.5. The molecule has 1 N–H and O–H groups in total. The first-order chi connectivity index (χ1) is 12.4. The third-order valence-electron chi connectivity index (χ3n) is 5.07. The Bertz CT molecular complexity index is 682. The number of esters is 2. The van der Waals surface area contributed by atoms with Gasteiger partial charge in [-0.1, -0.05) is 12.1 Å². The molecule has 4 unspecified atom stereocenters. The van der Waals surface area contributed by atoms with E-state index >= 15 is 0 Å². The zero-order valence-corrected chi connectivity index (χ0v) is 14.6. The molecule has 0 aliphatic carbocycles. The third-order valence-corrected chi connectivity index (χ3v) is 5.07. The molecule has 1 aromatic rings. The van der Waals surface area contributed by atoms with Gasteiger partial charge in [-0.25, -0.2) is 4.79 Å². The van der Waals surface area contributed by atoms with E-state index in [2.05, 4.69) is 0 Å². The molecule has 2 aliphatic heterocycles. The lowest BCUT2D eigenvalue weighted by Gasteiger charge is -2.26. The maximum Gasteiger partial charge on any atom is 0.335 e. The highest BCUT2D eigenvalue weighted by Gasteiger charge is 2.50. The maximum absolute atomic E-state index is 12.2. The van der Waals surface area contributed by atoms with Gasteiger partial charge in [-0.05, 0) is 30.5 Å². The van der Waals surface area contributed by atoms with E-state index in [-0.39, 0.29) is 61.2 Å². The molecule has 2 bridgehead atoms. The van der Waals surface area contributed by atoms with Gasteiger partial charge in [-0.3, -0.25) is 9.59 Å². The highest BCUT2D eigenvalue weighted by Crippen LogP contribution is 2.45. The number of carbonyl (C=O) groups is 3. The average molecular weight is 362 g/mol. The zero-order chi connectivity index (χ0) is 18.7. The summed E-state index contributed by atoms with van der Waals surface area (Å²) in [5, 5.41) is 8.88. The maximum atomic E-state index is 12.2. The highest BCUT2D eigenvalue weighted by molar-refractivity contribution is 5.87. The molecule has 140 valence electrons. The quantitative estimate of drug-likeness (QED) is 0.742. The second-order valence-corrected chi connectivity index (χ2v) is 6.79. The van der Waals surface area contributed by atoms with Crippen LogP contribution in [0.4, 0.5) is 0 Å². The van der Waals surface area contributed by atoms with Gasteiger partial charge in [-0.2, -0.15) is 0 Å². The van der Waals surface area contributed by atoms with Gasteiger partial charge in [-0.15, -0.1) is 0 Å². The summed E-state index contributed by atoms with van der Waals surface area (Å²) in [6, 6.07) is 6.20. The van der Waals surface area contributed by atoms with Crippen molar-refractivity contribution in [3.63, 3.8) is 0 Å². The molecule has 0 amide bonds. The number of fused-ring (bicyclic) bond motifs is 2. The Kier molecular flexibility index (Phi) is 5.56. The van der Waals surface area contributed by atoms with Gasteiger partial charge in [0, 0.05) is 18.8 Å². The van der Waals surface area contributed by atoms with Gasteiger partial charge in [0.2, 0.25) is 0 Å². The van der Waals surface area contributed by atoms with Crippen LogP contribution in [0.25, 0.3) is 0 Å². The number of hydrogen-bond donors (Lipinski definition) is 1. The highest BCUT2D eigenvalue weighted by atomic mass is 16.5. The molecule has 2 fully saturated rings. The molecule has 2 aliphatic rings. The minimum atomic E-state index is -0.997. The molecule has 2 saturated heterocycles. The van der Waals surface area contributed by atoms with Crippen LogP contribution in [0.1, 0.15) is 42.1 Å². The molecule has 26 heavy (non-hydrogen) atoms. The largest absolute Gasteiger partial charge is 0.478 e. The first kappa shape index (κ1) is 18.4. The summed E-state index contributed by atoms with van der Waals surface area (Å²) in [6.45, 7) is 1.73. The van der Waals surface area contributed by atoms with Gasteiger partial charge < -0.3 is 19.3 Å². The molecule has 0 aromatic heterocycles. The van der Waals surface area contributed by atoms with Crippen molar-refractivity contribution in [3.05, 3.63) is 35.4 Å². The number of carboxylic acids is 1. The fourth-order valence-corrected chi connectivity index (χ4v) is 3.76. The van der Waals surface area contributed by atoms with Crippen LogP contribution < -0.4 is 0 Å². The van der Waals surface area contributed by atoms with Crippen LogP contribution in [-0.2, 0) is 30.4 Å². The molecule has 4 atom stereocenters. The Morgan fingerprint density at radius 2 is 1.73 bits per heavy atom. The van der Waals surface area contributed by atoms with Crippen LogP contribution >= 0.6 is 0 Å². The third kappa shape index (κ3) is 4.22. The lowest BCUT2D eigenvalue weighted by Crippen LogP contribution is -2.33. The van der Waals surface area contributed by atoms with Crippen LogP contribution in [0.5, 0.6) is 0 Å². The van der Waals surface area contributed by atoms with Crippen molar-refractivity contribution in [1.82, 2.24) is 0 Å². The summed E-state index contributed by atoms with van der Waals surface area (Å²) >= 11 is 0. The Morgan fingerprint density at radius 1 is 1.08 bits per heavy atom. The molecule has 0 spiro atoms. The van der Waals surface area contributed by atoms with Crippen molar-refractivity contribution >= 4 is 17.9 Å². The van der Waals surface area contributed by atoms with Crippen molar-refractivity contribution < 1.29 is 33.7 Å². The number of carbonyl (C=O) groups excluding carboxylic acids is 2. The number of rotatable bonds is 7. The second kappa shape index (κ2) is 7.86. The zero-order valence-electron chi connectivity index (χ0n) is 14.6. The number of carboxylic acid groups (broad SMARTS) is 1. The van der Waals surface area contributed by atoms with E-state index in [9.17, 15) is 14.4 Å². The SMILES string of the molecule is CC(=O)OCC1C2CCC(O2)C1CC(=O)OCc1ccc(C(=O)O)cc1. The molecular formula is C19H22O7. The van der Waals surface area contributed by atoms with Crippen molar-refractivity contribution in [1.29, 1.82) is 0 Å². The van der Waals surface area contributed by atoms with E-state index in [1.165, 1.54) is 19.1 Å². The Balaban J connectivity index is 1.51. The van der Waals surface area contributed by atoms with Crippen LogP contribution in [-0.4, -0.2) is 41.8 Å². The molecule has 0 saturated carbocycles. The second-order valence-electron chi connectivity index (χ2n) is 6.79. The monoisotopic (exact) mass is 362 g/mol. The summed E-state index contributed by atoms with van der Waals surface area (Å²) in [4.78, 5) is 34.1. The van der Waals surface area contributed by atoms with Crippen molar-refractivity contribution in [2.45, 2.75) is 45.0 Å². The summed E-state index contributed by atoms with van der Waals surface area (Å²) in [5.74, 6) is -1.64. The van der Waals surface area contributed by atoms with Crippen LogP contribution in [0.2, 0.25) is 0 Å². The van der Waals surface area contributed by atoms with E-state index in [4.69, 9.17) is 19.3 Å². The van der Waals surface area contributed by atoms with Gasteiger partial charge in [0.15, 0.2) is 0 Å². The fraction of sp³-hybridized carbons (Fsp3) is 0.526. The molecule has 7 nitrogen and oxygen atoms in total. The predicted molar refractivity (Wildman–Crippen MR) is 89.3 cm³/mol. The van der Waals surface area contributed by atoms with Crippen LogP contribution in [0.3, 0.4) is 0 Å². The fourth-order valence-electron chi connectivity index (χ4n) is 3.76. The van der Waals surface area contributed by atoms with Crippen LogP contribution in [0.15, 0.2) is 24.3 Å².